The summed E-state index contributed by atoms with van der Waals surface area (Å²) in [7, 11) is 0. The van der Waals surface area contributed by atoms with Crippen LogP contribution < -0.4 is 10.2 Å². The highest BCUT2D eigenvalue weighted by Gasteiger charge is 2.23. The molecule has 7 heteroatoms. The summed E-state index contributed by atoms with van der Waals surface area (Å²) in [5.74, 6) is -0.826. The molecule has 0 aliphatic rings. The molecular formula is C35H36N2O4S. The highest BCUT2D eigenvalue weighted by molar-refractivity contribution is 7.98. The Morgan fingerprint density at radius 3 is 2.24 bits per heavy atom. The number of hydrogen-bond donors (Lipinski definition) is 2. The van der Waals surface area contributed by atoms with Crippen molar-refractivity contribution in [3.05, 3.63) is 125 Å². The number of rotatable bonds is 13. The number of carboxylic acid groups (broad SMARTS) is 1. The van der Waals surface area contributed by atoms with E-state index in [1.807, 2.05) is 92.0 Å². The van der Waals surface area contributed by atoms with Crippen LogP contribution in [0.5, 0.6) is 0 Å². The van der Waals surface area contributed by atoms with Crippen molar-refractivity contribution in [3.8, 4) is 11.1 Å². The molecule has 0 fully saturated rings. The quantitative estimate of drug-likeness (QED) is 0.166. The van der Waals surface area contributed by atoms with Gasteiger partial charge in [0.05, 0.1) is 0 Å². The van der Waals surface area contributed by atoms with Gasteiger partial charge in [-0.25, -0.2) is 4.79 Å². The number of carbonyl (C=O) groups excluding carboxylic acids is 2. The molecule has 0 bridgehead atoms. The Hall–Kier alpha value is -4.36. The Kier molecular flexibility index (Phi) is 10.6. The summed E-state index contributed by atoms with van der Waals surface area (Å²) < 4.78 is 0. The Morgan fingerprint density at radius 1 is 0.833 bits per heavy atom. The number of carboxylic acids is 1. The number of carbonyl (C=O) groups is 3. The maximum absolute atomic E-state index is 13.5. The molecule has 0 saturated carbocycles. The summed E-state index contributed by atoms with van der Waals surface area (Å²) in [4.78, 5) is 39.7. The number of hydrogen-bond acceptors (Lipinski definition) is 5. The van der Waals surface area contributed by atoms with Crippen molar-refractivity contribution in [2.24, 2.45) is 0 Å². The number of amides is 1. The van der Waals surface area contributed by atoms with E-state index in [4.69, 9.17) is 0 Å². The van der Waals surface area contributed by atoms with Gasteiger partial charge in [-0.05, 0) is 84.4 Å². The van der Waals surface area contributed by atoms with Crippen molar-refractivity contribution in [1.82, 2.24) is 5.32 Å². The molecule has 0 aliphatic heterocycles. The maximum atomic E-state index is 13.5. The van der Waals surface area contributed by atoms with E-state index in [0.717, 1.165) is 33.5 Å². The van der Waals surface area contributed by atoms with Crippen LogP contribution >= 0.6 is 11.8 Å². The minimum Gasteiger partial charge on any atom is -0.480 e. The molecule has 0 heterocycles. The molecule has 0 aliphatic carbocycles. The maximum Gasteiger partial charge on any atom is 0.326 e. The second kappa shape index (κ2) is 14.5. The number of thioether (sulfide) groups is 1. The lowest BCUT2D eigenvalue weighted by Crippen LogP contribution is -2.41. The van der Waals surface area contributed by atoms with Gasteiger partial charge in [0.1, 0.15) is 6.04 Å². The van der Waals surface area contributed by atoms with E-state index in [1.165, 1.54) is 0 Å². The fraction of sp³-hybridized carbons (Fsp3) is 0.229. The summed E-state index contributed by atoms with van der Waals surface area (Å²) in [6.45, 7) is 4.72. The molecule has 0 unspecified atom stereocenters. The van der Waals surface area contributed by atoms with Crippen LogP contribution in [0.2, 0.25) is 0 Å². The predicted molar refractivity (Wildman–Crippen MR) is 171 cm³/mol. The van der Waals surface area contributed by atoms with Crippen molar-refractivity contribution < 1.29 is 19.5 Å². The molecule has 0 saturated heterocycles. The monoisotopic (exact) mass is 580 g/mol. The normalized spacial score (nSPS) is 11.5. The lowest BCUT2D eigenvalue weighted by atomic mass is 9.93. The van der Waals surface area contributed by atoms with Gasteiger partial charge < -0.3 is 15.3 Å². The van der Waals surface area contributed by atoms with Gasteiger partial charge in [-0.3, -0.25) is 9.59 Å². The summed E-state index contributed by atoms with van der Waals surface area (Å²) in [6.07, 6.45) is 2.25. The molecule has 2 N–H and O–H groups in total. The fourth-order valence-electron chi connectivity index (χ4n) is 4.90. The second-order valence-electron chi connectivity index (χ2n) is 10.3. The summed E-state index contributed by atoms with van der Waals surface area (Å²) in [5, 5.41) is 12.4. The summed E-state index contributed by atoms with van der Waals surface area (Å²) in [5.41, 5.74) is 6.77. The number of nitrogens with one attached hydrogen (secondary N) is 1. The highest BCUT2D eigenvalue weighted by Crippen LogP contribution is 2.30. The van der Waals surface area contributed by atoms with Crippen molar-refractivity contribution >= 4 is 35.1 Å². The average molecular weight is 581 g/mol. The van der Waals surface area contributed by atoms with Gasteiger partial charge in [0, 0.05) is 29.9 Å². The van der Waals surface area contributed by atoms with Gasteiger partial charge in [0.2, 0.25) is 0 Å². The van der Waals surface area contributed by atoms with Crippen LogP contribution in [-0.2, 0) is 17.9 Å². The number of ketones is 1. The number of Topliss-reactive ketones (excluding diaryl/α,β-unsaturated/α-hetero) is 1. The molecule has 0 spiro atoms. The van der Waals surface area contributed by atoms with Crippen LogP contribution in [0.3, 0.4) is 0 Å². The van der Waals surface area contributed by atoms with E-state index in [2.05, 4.69) is 22.3 Å². The first-order valence-electron chi connectivity index (χ1n) is 13.9. The number of aliphatic carboxylic acids is 1. The van der Waals surface area contributed by atoms with E-state index < -0.39 is 17.9 Å². The molecule has 1 atom stereocenters. The third-order valence-corrected chi connectivity index (χ3v) is 7.83. The standard InChI is InChI=1S/C35H36N2O4S/c1-24-10-7-8-15-30(24)32-20-27(16-17-31(32)34(39)36-33(35(40)41)18-19-42-3)23-37(22-26-11-5-4-6-12-26)29-14-9-13-28(21-29)25(2)38/h4-17,20-21,33H,18-19,22-23H2,1-3H3,(H,36,39)(H,40,41)/t33-/m0/s1. The van der Waals surface area contributed by atoms with Crippen LogP contribution in [0.25, 0.3) is 11.1 Å². The molecule has 1 amide bonds. The van der Waals surface area contributed by atoms with Crippen molar-refractivity contribution in [2.45, 2.75) is 39.4 Å². The number of anilines is 1. The Bertz CT molecular complexity index is 1550. The molecule has 4 aromatic rings. The van der Waals surface area contributed by atoms with E-state index in [1.54, 1.807) is 24.8 Å². The molecule has 6 nitrogen and oxygen atoms in total. The van der Waals surface area contributed by atoms with E-state index >= 15 is 0 Å². The van der Waals surface area contributed by atoms with Crippen LogP contribution in [0.1, 0.15) is 50.8 Å². The van der Waals surface area contributed by atoms with Crippen molar-refractivity contribution in [3.63, 3.8) is 0 Å². The van der Waals surface area contributed by atoms with Gasteiger partial charge in [0.25, 0.3) is 5.91 Å². The first kappa shape index (κ1) is 30.6. The van der Waals surface area contributed by atoms with Gasteiger partial charge in [0.15, 0.2) is 5.78 Å². The van der Waals surface area contributed by atoms with Gasteiger partial charge in [-0.2, -0.15) is 11.8 Å². The Labute approximate surface area is 251 Å². The number of nitrogens with zero attached hydrogens (tertiary/aromatic N) is 1. The SMILES string of the molecule is CSCC[C@H](NC(=O)c1ccc(CN(Cc2ccccc2)c2cccc(C(C)=O)c2)cc1-c1ccccc1C)C(=O)O. The number of benzene rings is 4. The fourth-order valence-corrected chi connectivity index (χ4v) is 5.37. The Morgan fingerprint density at radius 2 is 1.55 bits per heavy atom. The third kappa shape index (κ3) is 7.89. The predicted octanol–water partition coefficient (Wildman–Crippen LogP) is 7.01. The van der Waals surface area contributed by atoms with Gasteiger partial charge >= 0.3 is 5.97 Å². The lowest BCUT2D eigenvalue weighted by Gasteiger charge is -2.26. The van der Waals surface area contributed by atoms with Gasteiger partial charge in [-0.1, -0.05) is 72.8 Å². The Balaban J connectivity index is 1.74. The minimum absolute atomic E-state index is 0.00547. The largest absolute Gasteiger partial charge is 0.480 e. The summed E-state index contributed by atoms with van der Waals surface area (Å²) >= 11 is 1.54. The third-order valence-electron chi connectivity index (χ3n) is 7.19. The molecule has 0 aromatic heterocycles. The molecule has 42 heavy (non-hydrogen) atoms. The highest BCUT2D eigenvalue weighted by atomic mass is 32.2. The lowest BCUT2D eigenvalue weighted by molar-refractivity contribution is -0.139. The van der Waals surface area contributed by atoms with Gasteiger partial charge in [-0.15, -0.1) is 0 Å². The molecule has 0 radical (unpaired) electrons. The zero-order chi connectivity index (χ0) is 30.1. The zero-order valence-electron chi connectivity index (χ0n) is 24.2. The van der Waals surface area contributed by atoms with E-state index in [9.17, 15) is 19.5 Å². The first-order valence-corrected chi connectivity index (χ1v) is 15.3. The summed E-state index contributed by atoms with van der Waals surface area (Å²) in [6, 6.07) is 30.4. The van der Waals surface area contributed by atoms with Crippen molar-refractivity contribution in [1.29, 1.82) is 0 Å². The first-order chi connectivity index (χ1) is 20.3. The molecule has 216 valence electrons. The van der Waals surface area contributed by atoms with E-state index in [-0.39, 0.29) is 5.78 Å². The topological polar surface area (TPSA) is 86.7 Å². The van der Waals surface area contributed by atoms with Crippen LogP contribution in [-0.4, -0.2) is 40.8 Å². The average Bonchev–Trinajstić information content (AvgIpc) is 2.99. The smallest absolute Gasteiger partial charge is 0.326 e. The molecule has 4 aromatic carbocycles. The number of aryl methyl sites for hydroxylation is 1. The minimum atomic E-state index is -1.05. The zero-order valence-corrected chi connectivity index (χ0v) is 25.0. The molecular weight excluding hydrogens is 544 g/mol. The van der Waals surface area contributed by atoms with Crippen LogP contribution in [0.15, 0.2) is 97.1 Å². The second-order valence-corrected chi connectivity index (χ2v) is 11.3. The van der Waals surface area contributed by atoms with Crippen LogP contribution in [0, 0.1) is 6.92 Å². The van der Waals surface area contributed by atoms with E-state index in [0.29, 0.717) is 36.4 Å². The van der Waals surface area contributed by atoms with Crippen LogP contribution in [0.4, 0.5) is 5.69 Å². The molecule has 4 rings (SSSR count). The van der Waals surface area contributed by atoms with Crippen molar-refractivity contribution in [2.75, 3.05) is 16.9 Å².